The Labute approximate surface area is 230 Å². The van der Waals surface area contributed by atoms with Gasteiger partial charge in [-0.2, -0.15) is 13.2 Å². The molecule has 1 aromatic carbocycles. The van der Waals surface area contributed by atoms with Gasteiger partial charge in [0.15, 0.2) is 6.10 Å². The van der Waals surface area contributed by atoms with Crippen molar-refractivity contribution < 1.29 is 42.1 Å². The van der Waals surface area contributed by atoms with E-state index < -0.39 is 36.2 Å². The Morgan fingerprint density at radius 2 is 1.85 bits per heavy atom. The van der Waals surface area contributed by atoms with Crippen molar-refractivity contribution in [1.29, 1.82) is 0 Å². The molecule has 9 nitrogen and oxygen atoms in total. The number of ether oxygens (including phenoxy) is 1. The predicted octanol–water partition coefficient (Wildman–Crippen LogP) is 5.00. The molecule has 1 unspecified atom stereocenters. The van der Waals surface area contributed by atoms with Gasteiger partial charge < -0.3 is 10.1 Å². The number of hydrogen-bond acceptors (Lipinski definition) is 9. The quantitative estimate of drug-likeness (QED) is 0.276. The van der Waals surface area contributed by atoms with E-state index in [0.717, 1.165) is 0 Å². The Morgan fingerprint density at radius 3 is 2.51 bits per heavy atom. The second kappa shape index (κ2) is 13.0. The van der Waals surface area contributed by atoms with Gasteiger partial charge in [-0.1, -0.05) is 29.8 Å². The minimum atomic E-state index is -5.33. The Kier molecular flexibility index (Phi) is 10.0. The smallest absolute Gasteiger partial charge is 0.363 e. The van der Waals surface area contributed by atoms with Crippen molar-refractivity contribution in [3.63, 3.8) is 0 Å². The van der Waals surface area contributed by atoms with Crippen molar-refractivity contribution in [3.05, 3.63) is 69.4 Å². The highest BCUT2D eigenvalue weighted by Crippen LogP contribution is 2.32. The molecule has 39 heavy (non-hydrogen) atoms. The summed E-state index contributed by atoms with van der Waals surface area (Å²) in [5.74, 6) is -4.41. The lowest BCUT2D eigenvalue weighted by Gasteiger charge is -2.18. The molecule has 0 radical (unpaired) electrons. The average Bonchev–Trinajstić information content (AvgIpc) is 3.26. The van der Waals surface area contributed by atoms with Crippen LogP contribution >= 0.6 is 22.9 Å². The molecule has 0 aliphatic carbocycles. The van der Waals surface area contributed by atoms with Crippen molar-refractivity contribution >= 4 is 40.8 Å². The number of halogens is 4. The lowest BCUT2D eigenvalue weighted by molar-refractivity contribution is -0.290. The number of rotatable bonds is 9. The molecule has 2 aromatic heterocycles. The topological polar surface area (TPSA) is 117 Å². The summed E-state index contributed by atoms with van der Waals surface area (Å²) < 4.78 is 42.4. The summed E-state index contributed by atoms with van der Waals surface area (Å²) in [6.07, 6.45) is -5.90. The first kappa shape index (κ1) is 30.0. The SMILES string of the molecule is Cc1sc(-c2ccccc2Cl)nc1C(=O)NCc1cc(CC(OC(C)C)C(=O)OOC(=O)C(F)(F)F)ccn1. The Hall–Kier alpha value is -3.55. The van der Waals surface area contributed by atoms with Gasteiger partial charge >= 0.3 is 18.1 Å². The number of benzene rings is 1. The average molecular weight is 586 g/mol. The van der Waals surface area contributed by atoms with E-state index >= 15 is 0 Å². The van der Waals surface area contributed by atoms with Gasteiger partial charge in [0.25, 0.3) is 5.91 Å². The van der Waals surface area contributed by atoms with E-state index in [9.17, 15) is 27.6 Å². The van der Waals surface area contributed by atoms with Crippen LogP contribution < -0.4 is 5.32 Å². The summed E-state index contributed by atoms with van der Waals surface area (Å²) >= 11 is 7.57. The fourth-order valence-electron chi connectivity index (χ4n) is 3.27. The fraction of sp³-hybridized carbons (Fsp3) is 0.320. The summed E-state index contributed by atoms with van der Waals surface area (Å²) in [7, 11) is 0. The van der Waals surface area contributed by atoms with Crippen LogP contribution in [0.15, 0.2) is 42.6 Å². The zero-order valence-corrected chi connectivity index (χ0v) is 22.4. The maximum absolute atomic E-state index is 12.8. The Morgan fingerprint density at radius 1 is 1.13 bits per heavy atom. The molecule has 0 spiro atoms. The molecule has 208 valence electrons. The van der Waals surface area contributed by atoms with Gasteiger partial charge in [-0.25, -0.2) is 24.3 Å². The summed E-state index contributed by atoms with van der Waals surface area (Å²) in [6.45, 7) is 5.00. The van der Waals surface area contributed by atoms with E-state index in [1.807, 2.05) is 12.1 Å². The number of aromatic nitrogens is 2. The van der Waals surface area contributed by atoms with Gasteiger partial charge in [-0.3, -0.25) is 9.78 Å². The van der Waals surface area contributed by atoms with Crippen LogP contribution in [0, 0.1) is 6.92 Å². The van der Waals surface area contributed by atoms with Crippen LogP contribution in [-0.4, -0.2) is 46.2 Å². The van der Waals surface area contributed by atoms with E-state index in [2.05, 4.69) is 25.1 Å². The normalized spacial score (nSPS) is 12.2. The lowest BCUT2D eigenvalue weighted by Crippen LogP contribution is -2.34. The van der Waals surface area contributed by atoms with E-state index in [1.54, 1.807) is 45.0 Å². The third-order valence-corrected chi connectivity index (χ3v) is 6.31. The van der Waals surface area contributed by atoms with Crippen LogP contribution in [0.2, 0.25) is 5.02 Å². The number of nitrogens with zero attached hydrogens (tertiary/aromatic N) is 2. The highest BCUT2D eigenvalue weighted by molar-refractivity contribution is 7.15. The van der Waals surface area contributed by atoms with Crippen LogP contribution in [0.3, 0.4) is 0 Å². The van der Waals surface area contributed by atoms with Crippen molar-refractivity contribution in [2.24, 2.45) is 0 Å². The minimum absolute atomic E-state index is 0.0222. The molecule has 3 rings (SSSR count). The molecule has 0 aliphatic heterocycles. The second-order valence-electron chi connectivity index (χ2n) is 8.39. The predicted molar refractivity (Wildman–Crippen MR) is 135 cm³/mol. The second-order valence-corrected chi connectivity index (χ2v) is 10.0. The molecule has 2 heterocycles. The maximum Gasteiger partial charge on any atom is 0.495 e. The molecule has 0 saturated carbocycles. The van der Waals surface area contributed by atoms with Gasteiger partial charge in [0.05, 0.1) is 23.4 Å². The molecule has 1 atom stereocenters. The van der Waals surface area contributed by atoms with Crippen molar-refractivity contribution in [3.8, 4) is 10.6 Å². The van der Waals surface area contributed by atoms with Gasteiger partial charge in [-0.15, -0.1) is 11.3 Å². The minimum Gasteiger partial charge on any atom is -0.363 e. The molecule has 0 saturated heterocycles. The number of alkyl halides is 3. The lowest BCUT2D eigenvalue weighted by atomic mass is 10.1. The zero-order valence-electron chi connectivity index (χ0n) is 20.9. The number of amides is 1. The highest BCUT2D eigenvalue weighted by Gasteiger charge is 2.43. The summed E-state index contributed by atoms with van der Waals surface area (Å²) in [5.41, 5.74) is 1.89. The maximum atomic E-state index is 12.8. The number of carbonyl (C=O) groups excluding carboxylic acids is 3. The third-order valence-electron chi connectivity index (χ3n) is 4.98. The molecule has 0 fully saturated rings. The number of hydrogen-bond donors (Lipinski definition) is 1. The third kappa shape index (κ3) is 8.47. The monoisotopic (exact) mass is 585 g/mol. The van der Waals surface area contributed by atoms with E-state index in [0.29, 0.717) is 31.7 Å². The molecule has 14 heteroatoms. The summed E-state index contributed by atoms with van der Waals surface area (Å²) in [5, 5.41) is 3.86. The number of thiazole rings is 1. The van der Waals surface area contributed by atoms with Gasteiger partial charge in [0.1, 0.15) is 10.7 Å². The molecule has 1 amide bonds. The highest BCUT2D eigenvalue weighted by atomic mass is 35.5. The first-order valence-electron chi connectivity index (χ1n) is 11.4. The summed E-state index contributed by atoms with van der Waals surface area (Å²) in [4.78, 5) is 52.8. The van der Waals surface area contributed by atoms with Gasteiger partial charge in [0.2, 0.25) is 0 Å². The van der Waals surface area contributed by atoms with E-state index in [4.69, 9.17) is 16.3 Å². The van der Waals surface area contributed by atoms with Crippen molar-refractivity contribution in [2.75, 3.05) is 0 Å². The molecule has 0 aliphatic rings. The van der Waals surface area contributed by atoms with Crippen molar-refractivity contribution in [1.82, 2.24) is 15.3 Å². The largest absolute Gasteiger partial charge is 0.495 e. The molecule has 1 N–H and O–H groups in total. The molecule has 0 bridgehead atoms. The fourth-order valence-corrected chi connectivity index (χ4v) is 4.50. The van der Waals surface area contributed by atoms with Gasteiger partial charge in [-0.05, 0) is 44.5 Å². The number of carbonyl (C=O) groups is 3. The standard InChI is InChI=1S/C25H23ClF3N3O6S/c1-13(2)36-19(23(34)37-38-24(35)25(27,28)29)11-15-8-9-30-16(10-15)12-31-21(33)20-14(3)39-22(32-20)17-6-4-5-7-18(17)26/h4-10,13,19H,11-12H2,1-3H3,(H,31,33). The summed E-state index contributed by atoms with van der Waals surface area (Å²) in [6, 6.07) is 10.3. The Bertz CT molecular complexity index is 1350. The van der Waals surface area contributed by atoms with E-state index in [1.165, 1.54) is 17.5 Å². The van der Waals surface area contributed by atoms with E-state index in [-0.39, 0.29) is 18.7 Å². The van der Waals surface area contributed by atoms with Crippen LogP contribution in [0.25, 0.3) is 10.6 Å². The number of aryl methyl sites for hydroxylation is 1. The first-order valence-corrected chi connectivity index (χ1v) is 12.6. The van der Waals surface area contributed by atoms with Crippen LogP contribution in [0.1, 0.15) is 40.5 Å². The molecule has 3 aromatic rings. The van der Waals surface area contributed by atoms with Crippen LogP contribution in [0.5, 0.6) is 0 Å². The molecular formula is C25H23ClF3N3O6S. The van der Waals surface area contributed by atoms with Crippen LogP contribution in [0.4, 0.5) is 13.2 Å². The van der Waals surface area contributed by atoms with Crippen molar-refractivity contribution in [2.45, 2.75) is 52.1 Å². The Balaban J connectivity index is 1.65. The number of pyridine rings is 1. The first-order chi connectivity index (χ1) is 18.3. The number of nitrogens with one attached hydrogen (secondary N) is 1. The molecular weight excluding hydrogens is 563 g/mol. The van der Waals surface area contributed by atoms with Crippen LogP contribution in [-0.2, 0) is 37.1 Å². The van der Waals surface area contributed by atoms with Gasteiger partial charge in [0, 0.05) is 23.1 Å². The zero-order chi connectivity index (χ0) is 28.7.